The van der Waals surface area contributed by atoms with Gasteiger partial charge in [0.05, 0.1) is 0 Å². The number of carbonyl (C=O) groups is 1. The minimum Gasteiger partial charge on any atom is -0.289 e. The Balaban J connectivity index is 1.67. The molecule has 0 fully saturated rings. The van der Waals surface area contributed by atoms with Gasteiger partial charge in [-0.3, -0.25) is 4.79 Å². The third-order valence-electron chi connectivity index (χ3n) is 6.04. The van der Waals surface area contributed by atoms with Crippen molar-refractivity contribution in [3.05, 3.63) is 70.3 Å². The number of unbranched alkanes of at least 4 members (excludes halogenated alkanes) is 9. The number of thioether (sulfide) groups is 1. The summed E-state index contributed by atoms with van der Waals surface area (Å²) < 4.78 is 0. The van der Waals surface area contributed by atoms with Crippen LogP contribution in [0.1, 0.15) is 104 Å². The Morgan fingerprint density at radius 2 is 1.31 bits per heavy atom. The second-order valence-corrected chi connectivity index (χ2v) is 10.2. The number of allylic oxidation sites excluding steroid dienone is 1. The molecule has 0 aliphatic heterocycles. The highest BCUT2D eigenvalue weighted by atomic mass is 32.2. The Bertz CT molecular complexity index is 825. The van der Waals surface area contributed by atoms with E-state index in [1.165, 1.54) is 85.8 Å². The quantitative estimate of drug-likeness (QED) is 0.116. The van der Waals surface area contributed by atoms with E-state index in [2.05, 4.69) is 52.0 Å². The number of carbonyl (C=O) groups excluding carboxylic acids is 1. The number of rotatable bonds is 15. The van der Waals surface area contributed by atoms with E-state index < -0.39 is 0 Å². The van der Waals surface area contributed by atoms with E-state index in [9.17, 15) is 4.79 Å². The lowest BCUT2D eigenvalue weighted by Crippen LogP contribution is -1.95. The first-order valence-corrected chi connectivity index (χ1v) is 13.5. The molecule has 0 saturated carbocycles. The van der Waals surface area contributed by atoms with Crippen molar-refractivity contribution >= 4 is 23.6 Å². The Labute approximate surface area is 201 Å². The molecule has 0 bridgehead atoms. The van der Waals surface area contributed by atoms with Crippen LogP contribution in [0.5, 0.6) is 0 Å². The molecule has 0 aliphatic rings. The smallest absolute Gasteiger partial charge is 0.185 e. The predicted octanol–water partition coefficient (Wildman–Crippen LogP) is 9.52. The van der Waals surface area contributed by atoms with Gasteiger partial charge < -0.3 is 0 Å². The van der Waals surface area contributed by atoms with Gasteiger partial charge >= 0.3 is 0 Å². The molecule has 0 N–H and O–H groups in total. The molecular formula is C30H42OS. The van der Waals surface area contributed by atoms with Gasteiger partial charge in [-0.25, -0.2) is 0 Å². The van der Waals surface area contributed by atoms with Crippen LogP contribution in [0.25, 0.3) is 6.08 Å². The van der Waals surface area contributed by atoms with Crippen LogP contribution in [-0.2, 0) is 0 Å². The van der Waals surface area contributed by atoms with E-state index >= 15 is 0 Å². The molecule has 2 heteroatoms. The van der Waals surface area contributed by atoms with Crippen molar-refractivity contribution in [2.75, 3.05) is 5.75 Å². The minimum atomic E-state index is 0.0654. The van der Waals surface area contributed by atoms with Crippen LogP contribution in [0.3, 0.4) is 0 Å². The molecule has 1 nitrogen and oxygen atoms in total. The molecule has 174 valence electrons. The fourth-order valence-electron chi connectivity index (χ4n) is 4.20. The monoisotopic (exact) mass is 450 g/mol. The summed E-state index contributed by atoms with van der Waals surface area (Å²) in [4.78, 5) is 13.8. The van der Waals surface area contributed by atoms with Crippen molar-refractivity contribution in [3.8, 4) is 0 Å². The molecule has 0 radical (unpaired) electrons. The second kappa shape index (κ2) is 15.1. The first kappa shape index (κ1) is 26.5. The molecular weight excluding hydrogens is 408 g/mol. The first-order valence-electron chi connectivity index (χ1n) is 12.5. The van der Waals surface area contributed by atoms with E-state index in [0.29, 0.717) is 0 Å². The van der Waals surface area contributed by atoms with Crippen molar-refractivity contribution in [2.45, 2.75) is 96.8 Å². The highest BCUT2D eigenvalue weighted by molar-refractivity contribution is 7.99. The summed E-state index contributed by atoms with van der Waals surface area (Å²) in [6, 6.07) is 12.4. The number of benzene rings is 2. The normalized spacial score (nSPS) is 11.4. The van der Waals surface area contributed by atoms with Crippen LogP contribution in [0, 0.1) is 20.8 Å². The zero-order valence-corrected chi connectivity index (χ0v) is 21.5. The molecule has 0 aliphatic carbocycles. The molecule has 2 rings (SSSR count). The standard InChI is InChI=1S/C30H42OS/c1-5-6-7-8-9-10-11-12-13-14-21-32-28-17-15-27(16-18-28)30(31)20-19-29-25(3)22-24(2)23-26(29)4/h15-20,22-23H,5-14,21H2,1-4H3/b20-19+. The van der Waals surface area contributed by atoms with Crippen molar-refractivity contribution in [1.82, 2.24) is 0 Å². The number of hydrogen-bond acceptors (Lipinski definition) is 2. The molecule has 2 aromatic carbocycles. The molecule has 0 amide bonds. The van der Waals surface area contributed by atoms with Gasteiger partial charge in [-0.05, 0) is 80.0 Å². The molecule has 2 aromatic rings. The fraction of sp³-hybridized carbons (Fsp3) is 0.500. The van der Waals surface area contributed by atoms with E-state index in [4.69, 9.17) is 0 Å². The summed E-state index contributed by atoms with van der Waals surface area (Å²) in [5.41, 5.74) is 5.59. The molecule has 0 atom stereocenters. The first-order chi connectivity index (χ1) is 15.5. The Morgan fingerprint density at radius 1 is 0.781 bits per heavy atom. The Morgan fingerprint density at radius 3 is 1.88 bits per heavy atom. The molecule has 0 unspecified atom stereocenters. The zero-order valence-electron chi connectivity index (χ0n) is 20.7. The lowest BCUT2D eigenvalue weighted by atomic mass is 9.99. The topological polar surface area (TPSA) is 17.1 Å². The van der Waals surface area contributed by atoms with Crippen molar-refractivity contribution in [1.29, 1.82) is 0 Å². The van der Waals surface area contributed by atoms with Gasteiger partial charge in [0.1, 0.15) is 0 Å². The third kappa shape index (κ3) is 9.77. The highest BCUT2D eigenvalue weighted by Crippen LogP contribution is 2.22. The van der Waals surface area contributed by atoms with Crippen molar-refractivity contribution in [3.63, 3.8) is 0 Å². The van der Waals surface area contributed by atoms with Crippen LogP contribution < -0.4 is 0 Å². The van der Waals surface area contributed by atoms with Crippen LogP contribution >= 0.6 is 11.8 Å². The molecule has 0 spiro atoms. The summed E-state index contributed by atoms with van der Waals surface area (Å²) in [7, 11) is 0. The van der Waals surface area contributed by atoms with Gasteiger partial charge in [0.2, 0.25) is 0 Å². The summed E-state index contributed by atoms with van der Waals surface area (Å²) >= 11 is 1.90. The maximum absolute atomic E-state index is 12.6. The zero-order chi connectivity index (χ0) is 23.2. The summed E-state index contributed by atoms with van der Waals surface area (Å²) in [5, 5.41) is 0. The summed E-state index contributed by atoms with van der Waals surface area (Å²) in [6.07, 6.45) is 17.4. The Kier molecular flexibility index (Phi) is 12.5. The van der Waals surface area contributed by atoms with E-state index in [1.807, 2.05) is 30.0 Å². The van der Waals surface area contributed by atoms with Crippen molar-refractivity contribution in [2.24, 2.45) is 0 Å². The van der Waals surface area contributed by atoms with Crippen molar-refractivity contribution < 1.29 is 4.79 Å². The van der Waals surface area contributed by atoms with Crippen LogP contribution in [0.4, 0.5) is 0 Å². The predicted molar refractivity (Wildman–Crippen MR) is 143 cm³/mol. The van der Waals surface area contributed by atoms with Crippen LogP contribution in [0.15, 0.2) is 47.4 Å². The van der Waals surface area contributed by atoms with Gasteiger partial charge in [-0.2, -0.15) is 0 Å². The minimum absolute atomic E-state index is 0.0654. The number of aryl methyl sites for hydroxylation is 3. The van der Waals surface area contributed by atoms with E-state index in [1.54, 1.807) is 6.08 Å². The summed E-state index contributed by atoms with van der Waals surface area (Å²) in [6.45, 7) is 8.59. The fourth-order valence-corrected chi connectivity index (χ4v) is 5.12. The maximum atomic E-state index is 12.6. The van der Waals surface area contributed by atoms with Gasteiger partial charge in [-0.15, -0.1) is 11.8 Å². The molecule has 0 heterocycles. The molecule has 32 heavy (non-hydrogen) atoms. The third-order valence-corrected chi connectivity index (χ3v) is 7.14. The number of ketones is 1. The average molecular weight is 451 g/mol. The average Bonchev–Trinajstić information content (AvgIpc) is 2.77. The summed E-state index contributed by atoms with van der Waals surface area (Å²) in [5.74, 6) is 1.23. The SMILES string of the molecule is CCCCCCCCCCCCSc1ccc(C(=O)/C=C/c2c(C)cc(C)cc2C)cc1. The lowest BCUT2D eigenvalue weighted by Gasteiger charge is -2.07. The second-order valence-electron chi connectivity index (χ2n) is 9.06. The van der Waals surface area contributed by atoms with Gasteiger partial charge in [-0.1, -0.05) is 88.5 Å². The highest BCUT2D eigenvalue weighted by Gasteiger charge is 2.05. The van der Waals surface area contributed by atoms with E-state index in [0.717, 1.165) is 16.9 Å². The van der Waals surface area contributed by atoms with Gasteiger partial charge in [0, 0.05) is 10.5 Å². The van der Waals surface area contributed by atoms with E-state index in [-0.39, 0.29) is 5.78 Å². The maximum Gasteiger partial charge on any atom is 0.185 e. The van der Waals surface area contributed by atoms with Gasteiger partial charge in [0.15, 0.2) is 5.78 Å². The Hall–Kier alpha value is -1.80. The molecule has 0 saturated heterocycles. The largest absolute Gasteiger partial charge is 0.289 e. The van der Waals surface area contributed by atoms with Gasteiger partial charge in [0.25, 0.3) is 0 Å². The molecule has 0 aromatic heterocycles. The van der Waals surface area contributed by atoms with Crippen LogP contribution in [0.2, 0.25) is 0 Å². The lowest BCUT2D eigenvalue weighted by molar-refractivity contribution is 0.104. The number of hydrogen-bond donors (Lipinski definition) is 0. The van der Waals surface area contributed by atoms with Crippen LogP contribution in [-0.4, -0.2) is 11.5 Å².